The number of fused-ring (bicyclic) bond motifs is 4. The molecule has 1 saturated heterocycles. The van der Waals surface area contributed by atoms with E-state index < -0.39 is 11.6 Å². The molecule has 1 heterocycles. The van der Waals surface area contributed by atoms with E-state index in [1.807, 2.05) is 6.92 Å². The number of hydrogen-bond acceptors (Lipinski definition) is 4. The number of benzene rings is 1. The number of carbonyl (C=O) groups is 1. The SMILES string of the molecule is CC#C[C@]1(C(C)=O)CC[C@H]2[C@@H]3CC(F)C4=CC(=NO)CCC4=C3[C@@H](c3ccc(N4CCCCC4)cc3)C[C@@]21C. The number of ketones is 1. The molecule has 39 heavy (non-hydrogen) atoms. The van der Waals surface area contributed by atoms with Gasteiger partial charge in [-0.25, -0.2) is 4.39 Å². The lowest BCUT2D eigenvalue weighted by atomic mass is 9.48. The Hall–Kier alpha value is -2.87. The Bertz CT molecular complexity index is 1310. The van der Waals surface area contributed by atoms with E-state index in [1.165, 1.54) is 36.1 Å². The average Bonchev–Trinajstić information content (AvgIpc) is 3.26. The van der Waals surface area contributed by atoms with Crippen LogP contribution in [0.4, 0.5) is 10.1 Å². The summed E-state index contributed by atoms with van der Waals surface area (Å²) >= 11 is 0. The van der Waals surface area contributed by atoms with Crippen LogP contribution in [-0.4, -0.2) is 36.0 Å². The van der Waals surface area contributed by atoms with Gasteiger partial charge in [0.25, 0.3) is 0 Å². The van der Waals surface area contributed by atoms with Crippen LogP contribution in [0.2, 0.25) is 0 Å². The Morgan fingerprint density at radius 3 is 2.56 bits per heavy atom. The molecule has 6 rings (SSSR count). The second-order valence-corrected chi connectivity index (χ2v) is 12.7. The number of alkyl halides is 1. The summed E-state index contributed by atoms with van der Waals surface area (Å²) in [6.07, 6.45) is 8.76. The van der Waals surface area contributed by atoms with Gasteiger partial charge in [0.1, 0.15) is 12.0 Å². The van der Waals surface area contributed by atoms with E-state index in [9.17, 15) is 10.0 Å². The summed E-state index contributed by atoms with van der Waals surface area (Å²) in [6.45, 7) is 8.05. The highest BCUT2D eigenvalue weighted by molar-refractivity contribution is 5.97. The first-order valence-electron chi connectivity index (χ1n) is 14.9. The largest absolute Gasteiger partial charge is 0.411 e. The van der Waals surface area contributed by atoms with E-state index in [2.05, 4.69) is 53.1 Å². The van der Waals surface area contributed by atoms with Crippen molar-refractivity contribution in [1.29, 1.82) is 0 Å². The Balaban J connectivity index is 1.49. The van der Waals surface area contributed by atoms with E-state index in [1.54, 1.807) is 13.0 Å². The summed E-state index contributed by atoms with van der Waals surface area (Å²) in [5.41, 5.74) is 5.33. The number of Topliss-reactive ketones (excluding diaryl/α,β-unsaturated/α-hetero) is 1. The summed E-state index contributed by atoms with van der Waals surface area (Å²) in [5, 5.41) is 12.9. The standard InChI is InChI=1S/C34H41FN2O2/c1-4-15-34(22(2)38)16-14-30-28-20-31(35)27-19-24(36-39)10-13-26(27)32(28)29(21-33(30,34)3)23-8-11-25(12-9-23)37-17-6-5-7-18-37/h8-9,11-12,19,28-31,39H,5-7,10,13-14,16-18,20-21H2,1-3H3/t28-,29+,30-,31?,33-,34+/m0/s1. The predicted molar refractivity (Wildman–Crippen MR) is 154 cm³/mol. The highest BCUT2D eigenvalue weighted by Crippen LogP contribution is 2.69. The second-order valence-electron chi connectivity index (χ2n) is 12.7. The minimum atomic E-state index is -1.08. The zero-order chi connectivity index (χ0) is 27.4. The predicted octanol–water partition coefficient (Wildman–Crippen LogP) is 7.38. The third kappa shape index (κ3) is 4.00. The van der Waals surface area contributed by atoms with Crippen molar-refractivity contribution in [2.24, 2.45) is 27.8 Å². The molecule has 5 aliphatic rings. The van der Waals surface area contributed by atoms with Gasteiger partial charge in [-0.1, -0.05) is 35.7 Å². The molecule has 4 aliphatic carbocycles. The molecule has 1 aliphatic heterocycles. The van der Waals surface area contributed by atoms with Crippen LogP contribution in [0.3, 0.4) is 0 Å². The maximum absolute atomic E-state index is 15.9. The molecular weight excluding hydrogens is 487 g/mol. The van der Waals surface area contributed by atoms with Crippen LogP contribution in [0.1, 0.15) is 90.0 Å². The van der Waals surface area contributed by atoms with E-state index in [4.69, 9.17) is 0 Å². The minimum absolute atomic E-state index is 0.0881. The number of allylic oxidation sites excluding steroid dienone is 4. The van der Waals surface area contributed by atoms with E-state index in [0.29, 0.717) is 30.5 Å². The third-order valence-corrected chi connectivity index (χ3v) is 11.0. The van der Waals surface area contributed by atoms with Crippen molar-refractivity contribution in [3.05, 3.63) is 52.6 Å². The van der Waals surface area contributed by atoms with Crippen molar-refractivity contribution in [2.45, 2.75) is 90.6 Å². The monoisotopic (exact) mass is 528 g/mol. The highest BCUT2D eigenvalue weighted by Gasteiger charge is 2.65. The summed E-state index contributed by atoms with van der Waals surface area (Å²) in [5.74, 6) is 7.13. The van der Waals surface area contributed by atoms with Crippen molar-refractivity contribution in [3.63, 3.8) is 0 Å². The number of piperidine rings is 1. The fraction of sp³-hybridized carbons (Fsp3) is 0.588. The molecule has 1 unspecified atom stereocenters. The molecule has 0 spiro atoms. The molecule has 0 aromatic heterocycles. The molecule has 6 atom stereocenters. The highest BCUT2D eigenvalue weighted by atomic mass is 19.1. The van der Waals surface area contributed by atoms with Crippen molar-refractivity contribution in [2.75, 3.05) is 18.0 Å². The van der Waals surface area contributed by atoms with Crippen molar-refractivity contribution in [1.82, 2.24) is 0 Å². The Labute approximate surface area is 232 Å². The maximum atomic E-state index is 15.9. The van der Waals surface area contributed by atoms with Gasteiger partial charge in [-0.2, -0.15) is 0 Å². The quantitative estimate of drug-likeness (QED) is 0.253. The van der Waals surface area contributed by atoms with Gasteiger partial charge in [-0.05, 0) is 124 Å². The summed E-state index contributed by atoms with van der Waals surface area (Å²) in [4.78, 5) is 15.8. The first kappa shape index (κ1) is 26.4. The molecule has 1 aromatic rings. The fourth-order valence-electron chi connectivity index (χ4n) is 9.21. The van der Waals surface area contributed by atoms with Gasteiger partial charge in [-0.3, -0.25) is 4.79 Å². The van der Waals surface area contributed by atoms with E-state index >= 15 is 4.39 Å². The lowest BCUT2D eigenvalue weighted by Gasteiger charge is -2.55. The lowest BCUT2D eigenvalue weighted by Crippen LogP contribution is -2.51. The number of halogens is 1. The summed E-state index contributed by atoms with van der Waals surface area (Å²) in [7, 11) is 0. The molecule has 206 valence electrons. The van der Waals surface area contributed by atoms with Gasteiger partial charge < -0.3 is 10.1 Å². The number of oxime groups is 1. The van der Waals surface area contributed by atoms with Crippen LogP contribution in [0, 0.1) is 34.5 Å². The van der Waals surface area contributed by atoms with Gasteiger partial charge >= 0.3 is 0 Å². The van der Waals surface area contributed by atoms with Gasteiger partial charge in [0.2, 0.25) is 0 Å². The number of nitrogens with zero attached hydrogens (tertiary/aromatic N) is 2. The zero-order valence-electron chi connectivity index (χ0n) is 23.6. The van der Waals surface area contributed by atoms with Crippen LogP contribution >= 0.6 is 0 Å². The zero-order valence-corrected chi connectivity index (χ0v) is 23.6. The Morgan fingerprint density at radius 1 is 1.15 bits per heavy atom. The molecule has 0 radical (unpaired) electrons. The summed E-state index contributed by atoms with van der Waals surface area (Å²) in [6, 6.07) is 9.10. The smallest absolute Gasteiger partial charge is 0.148 e. The van der Waals surface area contributed by atoms with E-state index in [-0.39, 0.29) is 29.0 Å². The number of carbonyl (C=O) groups excluding carboxylic acids is 1. The Kier molecular flexibility index (Phi) is 6.72. The minimum Gasteiger partial charge on any atom is -0.411 e. The molecule has 0 amide bonds. The second kappa shape index (κ2) is 9.95. The van der Waals surface area contributed by atoms with E-state index in [0.717, 1.165) is 37.9 Å². The van der Waals surface area contributed by atoms with Gasteiger partial charge in [0, 0.05) is 24.7 Å². The molecule has 1 N–H and O–H groups in total. The van der Waals surface area contributed by atoms with Crippen LogP contribution in [0.15, 0.2) is 52.2 Å². The first-order valence-corrected chi connectivity index (χ1v) is 14.9. The molecule has 4 nitrogen and oxygen atoms in total. The normalized spacial score (nSPS) is 36.9. The number of rotatable bonds is 3. The fourth-order valence-corrected chi connectivity index (χ4v) is 9.21. The van der Waals surface area contributed by atoms with Crippen molar-refractivity contribution >= 4 is 17.2 Å². The van der Waals surface area contributed by atoms with Gasteiger partial charge in [-0.15, -0.1) is 5.92 Å². The molecule has 0 bridgehead atoms. The number of hydrogen-bond donors (Lipinski definition) is 1. The van der Waals surface area contributed by atoms with Gasteiger partial charge in [0.15, 0.2) is 0 Å². The maximum Gasteiger partial charge on any atom is 0.148 e. The van der Waals surface area contributed by atoms with Crippen LogP contribution < -0.4 is 4.90 Å². The molecule has 1 aromatic carbocycles. The average molecular weight is 529 g/mol. The first-order chi connectivity index (χ1) is 18.8. The van der Waals surface area contributed by atoms with Crippen molar-refractivity contribution in [3.8, 4) is 11.8 Å². The van der Waals surface area contributed by atoms with Crippen LogP contribution in [0.25, 0.3) is 0 Å². The topological polar surface area (TPSA) is 52.9 Å². The van der Waals surface area contributed by atoms with Crippen molar-refractivity contribution < 1.29 is 14.4 Å². The summed E-state index contributed by atoms with van der Waals surface area (Å²) < 4.78 is 15.9. The van der Waals surface area contributed by atoms with Crippen LogP contribution in [0.5, 0.6) is 0 Å². The van der Waals surface area contributed by atoms with Gasteiger partial charge in [0.05, 0.1) is 11.1 Å². The lowest BCUT2D eigenvalue weighted by molar-refractivity contribution is -0.130. The van der Waals surface area contributed by atoms with Crippen LogP contribution in [-0.2, 0) is 4.79 Å². The molecule has 2 saturated carbocycles. The molecule has 5 heteroatoms. The number of anilines is 1. The Morgan fingerprint density at radius 2 is 1.90 bits per heavy atom. The molecule has 3 fully saturated rings. The molecular formula is C34H41FN2O2. The third-order valence-electron chi connectivity index (χ3n) is 11.0.